The molecular weight excluding hydrogens is 1170 g/mol. The van der Waals surface area contributed by atoms with Gasteiger partial charge in [-0.3, -0.25) is 38.1 Å². The van der Waals surface area contributed by atoms with Crippen molar-refractivity contribution >= 4 is 91.9 Å². The summed E-state index contributed by atoms with van der Waals surface area (Å²) in [7, 11) is 3.17. The minimum absolute atomic E-state index is 0.00247. The second kappa shape index (κ2) is 32.7. The van der Waals surface area contributed by atoms with Gasteiger partial charge in [0.2, 0.25) is 41.4 Å². The Morgan fingerprint density at radius 1 is 0.871 bits per heavy atom. The second-order valence-corrected chi connectivity index (χ2v) is 22.0. The maximum Gasteiger partial charge on any atom is 0.409 e. The van der Waals surface area contributed by atoms with Crippen molar-refractivity contribution in [2.24, 2.45) is 17.6 Å². The Hall–Kier alpha value is -7.52. The number of nitrogens with two attached hydrogens (primary N) is 1. The molecule has 3 saturated heterocycles. The van der Waals surface area contributed by atoms with Crippen LogP contribution in [-0.2, 0) is 63.9 Å². The molecule has 3 aromatic rings. The lowest BCUT2D eigenvalue weighted by Gasteiger charge is -2.55. The molecule has 3 aliphatic heterocycles. The summed E-state index contributed by atoms with van der Waals surface area (Å²) >= 11 is 3.07. The molecule has 5 atom stereocenters. The number of fused-ring (bicyclic) bond motifs is 1. The van der Waals surface area contributed by atoms with Gasteiger partial charge in [0.15, 0.2) is 5.65 Å². The Labute approximate surface area is 502 Å². The zero-order valence-electron chi connectivity index (χ0n) is 48.9. The van der Waals surface area contributed by atoms with Crippen LogP contribution in [0.1, 0.15) is 64.9 Å². The molecule has 3 fully saturated rings. The number of primary amides is 1. The van der Waals surface area contributed by atoms with Crippen LogP contribution >= 0.6 is 15.9 Å². The van der Waals surface area contributed by atoms with Gasteiger partial charge in [-0.15, -0.1) is 0 Å². The maximum atomic E-state index is 13.8. The quantitative estimate of drug-likeness (QED) is 0.0435. The van der Waals surface area contributed by atoms with Crippen molar-refractivity contribution in [3.05, 3.63) is 48.4 Å². The van der Waals surface area contributed by atoms with Crippen molar-refractivity contribution in [2.45, 2.75) is 89.6 Å². The first kappa shape index (κ1) is 66.6. The molecule has 1 unspecified atom stereocenters. The number of amides is 9. The number of carbonyl (C=O) groups excluding carboxylic acids is 9. The minimum atomic E-state index is -1.34. The minimum Gasteiger partial charge on any atom is -0.445 e. The average molecular weight is 1250 g/mol. The van der Waals surface area contributed by atoms with E-state index in [1.54, 1.807) is 64.5 Å². The van der Waals surface area contributed by atoms with Crippen molar-refractivity contribution in [1.29, 1.82) is 5.26 Å². The van der Waals surface area contributed by atoms with Crippen LogP contribution in [0.4, 0.5) is 21.1 Å². The maximum absolute atomic E-state index is 13.8. The fourth-order valence-electron chi connectivity index (χ4n) is 10.3. The van der Waals surface area contributed by atoms with Crippen LogP contribution in [0.15, 0.2) is 42.9 Å². The van der Waals surface area contributed by atoms with Crippen LogP contribution in [0, 0.1) is 23.2 Å². The number of ether oxygens (including phenoxy) is 5. The fourth-order valence-corrected chi connectivity index (χ4v) is 10.5. The molecule has 1 spiro atoms. The number of nitrogens with zero attached hydrogens (tertiary/aromatic N) is 9. The topological polar surface area (TPSA) is 345 Å². The smallest absolute Gasteiger partial charge is 0.409 e. The lowest BCUT2D eigenvalue weighted by molar-refractivity contribution is -0.152. The van der Waals surface area contributed by atoms with Crippen molar-refractivity contribution in [2.75, 3.05) is 128 Å². The van der Waals surface area contributed by atoms with Gasteiger partial charge < -0.3 is 75.2 Å². The van der Waals surface area contributed by atoms with Gasteiger partial charge >= 0.3 is 12.1 Å². The Bertz CT molecular complexity index is 2850. The van der Waals surface area contributed by atoms with E-state index in [9.17, 15) is 43.2 Å². The summed E-state index contributed by atoms with van der Waals surface area (Å²) in [4.78, 5) is 134. The Kier molecular flexibility index (Phi) is 25.6. The second-order valence-electron chi connectivity index (χ2n) is 21.4. The van der Waals surface area contributed by atoms with Crippen molar-refractivity contribution in [3.63, 3.8) is 0 Å². The average Bonchev–Trinajstić information content (AvgIpc) is 1.99. The molecule has 1 aromatic carbocycles. The molecule has 6 N–H and O–H groups in total. The van der Waals surface area contributed by atoms with Gasteiger partial charge in [-0.25, -0.2) is 19.6 Å². The van der Waals surface area contributed by atoms with Crippen molar-refractivity contribution in [1.82, 2.24) is 50.1 Å². The van der Waals surface area contributed by atoms with Gasteiger partial charge in [0.1, 0.15) is 43.3 Å². The molecule has 0 radical (unpaired) electrons. The van der Waals surface area contributed by atoms with E-state index in [1.165, 1.54) is 25.6 Å². The number of halogens is 1. The number of rotatable bonds is 32. The molecule has 0 bridgehead atoms. The predicted molar refractivity (Wildman–Crippen MR) is 311 cm³/mol. The summed E-state index contributed by atoms with van der Waals surface area (Å²) < 4.78 is 28.7. The third kappa shape index (κ3) is 18.5. The summed E-state index contributed by atoms with van der Waals surface area (Å²) in [6.45, 7) is 10.4. The van der Waals surface area contributed by atoms with E-state index < -0.39 is 60.2 Å². The van der Waals surface area contributed by atoms with Crippen molar-refractivity contribution in [3.8, 4) is 6.07 Å². The summed E-state index contributed by atoms with van der Waals surface area (Å²) in [5.41, 5.74) is 6.53. The van der Waals surface area contributed by atoms with Crippen molar-refractivity contribution < 1.29 is 66.8 Å². The standard InChI is InChI=1S/C56H79BrN14O14/c1-37(2)48(65-51(76)43-7-6-18-69(43)53(78)42(31-44(59)72)64-45(73)14-23-81-25-27-83-29-30-84-28-26-82-24-17-60-46(74)32-57)52(77)63-40-10-8-39(9-11-40)34-85-55(80)67(5)22-21-66(4)54(79)70-19-13-41-49(61-36-62-50(41)70)68-20-15-56(35-68)38(3)33-71(56)47(75)12-16-58/h8-11,13,19,36-38,42-43,48H,6-7,12,14-15,17-18,20-35H2,1-5H3,(H2,59,72)(H,60,74)(H,63,77)(H,64,73)(H,65,76)/t38-,42?,43-,48-,56-/m0/s1. The third-order valence-electron chi connectivity index (χ3n) is 15.1. The molecule has 464 valence electrons. The zero-order chi connectivity index (χ0) is 61.6. The highest BCUT2D eigenvalue weighted by Gasteiger charge is 2.56. The SMILES string of the molecule is CC(C)[C@H](NC(=O)[C@@H]1CCCN1C(=O)C(CC(N)=O)NC(=O)CCOCCOCCOCCOCCNC(=O)CBr)C(=O)Nc1ccc(COC(=O)N(C)CCN(C)C(=O)n2ccc3c(N4CC[C@]5(C4)[C@@H](C)CN5C(=O)CC#N)ncnc32)cc1. The molecule has 85 heavy (non-hydrogen) atoms. The Morgan fingerprint density at radius 3 is 2.19 bits per heavy atom. The van der Waals surface area contributed by atoms with Crippen LogP contribution in [0.25, 0.3) is 11.0 Å². The lowest BCUT2D eigenvalue weighted by Crippen LogP contribution is -2.69. The molecular formula is C56H79BrN14O14. The molecule has 0 aliphatic carbocycles. The van der Waals surface area contributed by atoms with E-state index in [1.807, 2.05) is 11.0 Å². The fraction of sp³-hybridized carbons (Fsp3) is 0.607. The lowest BCUT2D eigenvalue weighted by atomic mass is 9.74. The number of aromatic nitrogens is 3. The van der Waals surface area contributed by atoms with Gasteiger partial charge in [0.25, 0.3) is 0 Å². The number of nitriles is 1. The van der Waals surface area contributed by atoms with Gasteiger partial charge in [-0.1, -0.05) is 48.8 Å². The molecule has 6 rings (SSSR count). The molecule has 5 heterocycles. The molecule has 29 heteroatoms. The van der Waals surface area contributed by atoms with Crippen LogP contribution in [0.5, 0.6) is 0 Å². The Balaban J connectivity index is 0.889. The molecule has 28 nitrogen and oxygen atoms in total. The monoisotopic (exact) mass is 1250 g/mol. The summed E-state index contributed by atoms with van der Waals surface area (Å²) in [6.07, 6.45) is 3.08. The molecule has 0 saturated carbocycles. The largest absolute Gasteiger partial charge is 0.445 e. The van der Waals surface area contributed by atoms with E-state index in [2.05, 4.69) is 59.0 Å². The highest BCUT2D eigenvalue weighted by molar-refractivity contribution is 9.09. The van der Waals surface area contributed by atoms with E-state index in [0.29, 0.717) is 93.7 Å². The van der Waals surface area contributed by atoms with Crippen LogP contribution < -0.4 is 31.9 Å². The number of alkyl halides is 1. The van der Waals surface area contributed by atoms with Crippen LogP contribution in [0.2, 0.25) is 0 Å². The van der Waals surface area contributed by atoms with E-state index in [-0.39, 0.29) is 106 Å². The zero-order valence-corrected chi connectivity index (χ0v) is 50.5. The number of benzene rings is 1. The predicted octanol–water partition coefficient (Wildman–Crippen LogP) is 1.34. The highest BCUT2D eigenvalue weighted by Crippen LogP contribution is 2.45. The summed E-state index contributed by atoms with van der Waals surface area (Å²) in [5.74, 6) is -2.93. The third-order valence-corrected chi connectivity index (χ3v) is 15.6. The normalized spacial score (nSPS) is 17.9. The number of hydrogen-bond donors (Lipinski definition) is 5. The van der Waals surface area contributed by atoms with Gasteiger partial charge in [0.05, 0.1) is 81.6 Å². The molecule has 9 amide bonds. The van der Waals surface area contributed by atoms with Gasteiger partial charge in [-0.05, 0) is 54.9 Å². The number of likely N-dealkylation sites (N-methyl/N-ethyl adjacent to an activating group) is 2. The number of likely N-dealkylation sites (tertiary alicyclic amines) is 2. The number of anilines is 2. The van der Waals surface area contributed by atoms with Gasteiger partial charge in [-0.2, -0.15) is 5.26 Å². The first-order valence-electron chi connectivity index (χ1n) is 28.4. The number of carbonyl (C=O) groups is 9. The first-order chi connectivity index (χ1) is 40.8. The Morgan fingerprint density at radius 2 is 1.54 bits per heavy atom. The van der Waals surface area contributed by atoms with E-state index in [0.717, 1.165) is 6.42 Å². The highest BCUT2D eigenvalue weighted by atomic mass is 79.9. The summed E-state index contributed by atoms with van der Waals surface area (Å²) in [5, 5.41) is 20.9. The van der Waals surface area contributed by atoms with E-state index in [4.69, 9.17) is 34.7 Å². The van der Waals surface area contributed by atoms with Crippen LogP contribution in [-0.4, -0.2) is 229 Å². The number of hydrogen-bond acceptors (Lipinski definition) is 18. The van der Waals surface area contributed by atoms with Gasteiger partial charge in [0, 0.05) is 78.2 Å². The first-order valence-corrected chi connectivity index (χ1v) is 29.5. The molecule has 3 aliphatic rings. The van der Waals surface area contributed by atoms with E-state index >= 15 is 0 Å². The molecule has 2 aromatic heterocycles. The number of nitrogens with one attached hydrogen (secondary N) is 4. The summed E-state index contributed by atoms with van der Waals surface area (Å²) in [6, 6.07) is 6.62. The van der Waals surface area contributed by atoms with Crippen LogP contribution in [0.3, 0.4) is 0 Å².